The van der Waals surface area contributed by atoms with Gasteiger partial charge in [0.2, 0.25) is 11.8 Å². The molecule has 0 aliphatic carbocycles. The van der Waals surface area contributed by atoms with Gasteiger partial charge in [-0.05, 0) is 42.3 Å². The fraction of sp³-hybridized carbons (Fsp3) is 0.400. The molecule has 2 aliphatic rings. The van der Waals surface area contributed by atoms with E-state index in [4.69, 9.17) is 4.74 Å². The number of benzene rings is 2. The number of rotatable bonds is 4. The molecule has 0 saturated carbocycles. The Morgan fingerprint density at radius 1 is 1.00 bits per heavy atom. The van der Waals surface area contributed by atoms with E-state index in [0.717, 1.165) is 22.6 Å². The average molecular weight is 436 g/mol. The van der Waals surface area contributed by atoms with Crippen LogP contribution in [0.3, 0.4) is 0 Å². The minimum Gasteiger partial charge on any atom is -0.457 e. The molecule has 2 heterocycles. The summed E-state index contributed by atoms with van der Waals surface area (Å²) in [5.74, 6) is 1.49. The van der Waals surface area contributed by atoms with Crippen molar-refractivity contribution in [2.24, 2.45) is 0 Å². The van der Waals surface area contributed by atoms with Gasteiger partial charge >= 0.3 is 0 Å². The highest BCUT2D eigenvalue weighted by Gasteiger charge is 2.27. The average Bonchev–Trinajstić information content (AvgIpc) is 2.77. The number of nitrogens with zero attached hydrogens (tertiary/aromatic N) is 3. The molecule has 2 aliphatic heterocycles. The Morgan fingerprint density at radius 3 is 2.50 bits per heavy atom. The van der Waals surface area contributed by atoms with Gasteiger partial charge in [0.1, 0.15) is 17.3 Å². The number of amides is 2. The number of carbonyl (C=O) groups excluding carboxylic acids is 3. The highest BCUT2D eigenvalue weighted by atomic mass is 16.5. The predicted molar refractivity (Wildman–Crippen MR) is 122 cm³/mol. The molecule has 168 valence electrons. The van der Waals surface area contributed by atoms with Gasteiger partial charge < -0.3 is 19.4 Å². The fourth-order valence-electron chi connectivity index (χ4n) is 4.16. The maximum atomic E-state index is 13.1. The number of Topliss-reactive ketones (excluding diaryl/α,β-unsaturated/α-hetero) is 1. The Morgan fingerprint density at radius 2 is 1.75 bits per heavy atom. The molecule has 0 unspecified atom stereocenters. The Bertz CT molecular complexity index is 1030. The summed E-state index contributed by atoms with van der Waals surface area (Å²) in [4.78, 5) is 42.7. The highest BCUT2D eigenvalue weighted by Crippen LogP contribution is 2.31. The topological polar surface area (TPSA) is 70.2 Å². The number of ketones is 1. The van der Waals surface area contributed by atoms with Crippen molar-refractivity contribution < 1.29 is 19.1 Å². The lowest BCUT2D eigenvalue weighted by Gasteiger charge is -2.33. The van der Waals surface area contributed by atoms with Crippen LogP contribution in [0, 0.1) is 6.92 Å². The first-order chi connectivity index (χ1) is 15.4. The van der Waals surface area contributed by atoms with Crippen LogP contribution in [-0.2, 0) is 20.8 Å². The van der Waals surface area contributed by atoms with Crippen molar-refractivity contribution in [3.8, 4) is 11.5 Å². The number of likely N-dealkylation sites (tertiary alicyclic amines) is 1. The SMILES string of the molecule is Cc1ccccc1Oc1ccc2c(c1)CC(=O)N(CC(=O)N1CCC(=O)CC1)CCN2C. The van der Waals surface area contributed by atoms with E-state index in [-0.39, 0.29) is 30.6 Å². The summed E-state index contributed by atoms with van der Waals surface area (Å²) in [6.07, 6.45) is 1.01. The molecule has 2 aromatic rings. The lowest BCUT2D eigenvalue weighted by molar-refractivity contribution is -0.141. The monoisotopic (exact) mass is 435 g/mol. The van der Waals surface area contributed by atoms with Gasteiger partial charge in [-0.25, -0.2) is 0 Å². The highest BCUT2D eigenvalue weighted by molar-refractivity contribution is 5.88. The number of likely N-dealkylation sites (N-methyl/N-ethyl adjacent to an activating group) is 1. The molecule has 2 amide bonds. The van der Waals surface area contributed by atoms with Crippen LogP contribution in [0.1, 0.15) is 24.0 Å². The van der Waals surface area contributed by atoms with Crippen molar-refractivity contribution in [2.75, 3.05) is 44.7 Å². The number of piperidine rings is 1. The number of aryl methyl sites for hydroxylation is 1. The maximum absolute atomic E-state index is 13.1. The van der Waals surface area contributed by atoms with E-state index < -0.39 is 0 Å². The van der Waals surface area contributed by atoms with Crippen molar-refractivity contribution in [1.82, 2.24) is 9.80 Å². The summed E-state index contributed by atoms with van der Waals surface area (Å²) in [5, 5.41) is 0. The van der Waals surface area contributed by atoms with Crippen LogP contribution in [0.5, 0.6) is 11.5 Å². The second-order valence-corrected chi connectivity index (χ2v) is 8.49. The van der Waals surface area contributed by atoms with Crippen molar-refractivity contribution >= 4 is 23.3 Å². The summed E-state index contributed by atoms with van der Waals surface area (Å²) in [7, 11) is 1.99. The molecule has 0 bridgehead atoms. The van der Waals surface area contributed by atoms with Gasteiger partial charge in [0, 0.05) is 51.8 Å². The van der Waals surface area contributed by atoms with E-state index in [1.54, 1.807) is 9.80 Å². The molecule has 0 radical (unpaired) electrons. The van der Waals surface area contributed by atoms with Gasteiger partial charge in [-0.3, -0.25) is 14.4 Å². The molecule has 2 aromatic carbocycles. The van der Waals surface area contributed by atoms with Crippen LogP contribution in [0.2, 0.25) is 0 Å². The molecule has 7 heteroatoms. The zero-order valence-electron chi connectivity index (χ0n) is 18.7. The van der Waals surface area contributed by atoms with Gasteiger partial charge in [0.15, 0.2) is 0 Å². The van der Waals surface area contributed by atoms with Gasteiger partial charge in [0.25, 0.3) is 0 Å². The third-order valence-corrected chi connectivity index (χ3v) is 6.18. The standard InChI is InChI=1S/C25H29N3O4/c1-18-5-3-4-6-23(18)32-21-7-8-22-19(15-21)16-24(30)28(14-13-26(22)2)17-25(31)27-11-9-20(29)10-12-27/h3-8,15H,9-14,16-17H2,1-2H3. The second-order valence-electron chi connectivity index (χ2n) is 8.49. The Kier molecular flexibility index (Phi) is 6.44. The molecule has 4 rings (SSSR count). The van der Waals surface area contributed by atoms with Gasteiger partial charge in [-0.1, -0.05) is 18.2 Å². The lowest BCUT2D eigenvalue weighted by atomic mass is 10.1. The number of hydrogen-bond acceptors (Lipinski definition) is 5. The molecule has 1 saturated heterocycles. The largest absolute Gasteiger partial charge is 0.457 e. The lowest BCUT2D eigenvalue weighted by Crippen LogP contribution is -2.48. The van der Waals surface area contributed by atoms with Crippen molar-refractivity contribution in [2.45, 2.75) is 26.2 Å². The normalized spacial score (nSPS) is 17.0. The molecule has 7 nitrogen and oxygen atoms in total. The van der Waals surface area contributed by atoms with Crippen molar-refractivity contribution in [1.29, 1.82) is 0 Å². The number of anilines is 1. The molecular weight excluding hydrogens is 406 g/mol. The minimum atomic E-state index is -0.0917. The molecule has 0 N–H and O–H groups in total. The van der Waals surface area contributed by atoms with Gasteiger partial charge in [-0.2, -0.15) is 0 Å². The van der Waals surface area contributed by atoms with E-state index in [2.05, 4.69) is 4.90 Å². The van der Waals surface area contributed by atoms with Crippen LogP contribution in [0.15, 0.2) is 42.5 Å². The van der Waals surface area contributed by atoms with E-state index in [9.17, 15) is 14.4 Å². The molecule has 32 heavy (non-hydrogen) atoms. The van der Waals surface area contributed by atoms with E-state index in [1.165, 1.54) is 0 Å². The quantitative estimate of drug-likeness (QED) is 0.739. The van der Waals surface area contributed by atoms with E-state index >= 15 is 0 Å². The number of para-hydroxylation sites is 1. The van der Waals surface area contributed by atoms with Crippen LogP contribution < -0.4 is 9.64 Å². The van der Waals surface area contributed by atoms with E-state index in [1.807, 2.05) is 56.4 Å². The first kappa shape index (κ1) is 21.9. The maximum Gasteiger partial charge on any atom is 0.242 e. The number of fused-ring (bicyclic) bond motifs is 1. The smallest absolute Gasteiger partial charge is 0.242 e. The number of carbonyl (C=O) groups is 3. The third-order valence-electron chi connectivity index (χ3n) is 6.18. The van der Waals surface area contributed by atoms with Crippen molar-refractivity contribution in [3.63, 3.8) is 0 Å². The summed E-state index contributed by atoms with van der Waals surface area (Å²) in [5.41, 5.74) is 2.91. The number of ether oxygens (including phenoxy) is 1. The van der Waals surface area contributed by atoms with Crippen LogP contribution in [0.25, 0.3) is 0 Å². The zero-order valence-corrected chi connectivity index (χ0v) is 18.7. The third kappa shape index (κ3) is 4.93. The zero-order chi connectivity index (χ0) is 22.7. The van der Waals surface area contributed by atoms with Gasteiger partial charge in [-0.15, -0.1) is 0 Å². The van der Waals surface area contributed by atoms with Crippen LogP contribution >= 0.6 is 0 Å². The fourth-order valence-corrected chi connectivity index (χ4v) is 4.16. The van der Waals surface area contributed by atoms with Gasteiger partial charge in [0.05, 0.1) is 13.0 Å². The molecule has 0 aromatic heterocycles. The van der Waals surface area contributed by atoms with Crippen LogP contribution in [0.4, 0.5) is 5.69 Å². The first-order valence-corrected chi connectivity index (χ1v) is 11.1. The molecule has 0 atom stereocenters. The first-order valence-electron chi connectivity index (χ1n) is 11.1. The molecule has 1 fully saturated rings. The molecular formula is C25H29N3O4. The van der Waals surface area contributed by atoms with E-state index in [0.29, 0.717) is 44.8 Å². The number of hydrogen-bond donors (Lipinski definition) is 0. The summed E-state index contributed by atoms with van der Waals surface area (Å²) in [6.45, 7) is 4.05. The second kappa shape index (κ2) is 9.42. The van der Waals surface area contributed by atoms with Crippen LogP contribution in [-0.4, -0.2) is 67.2 Å². The summed E-state index contributed by atoms with van der Waals surface area (Å²) < 4.78 is 6.07. The summed E-state index contributed by atoms with van der Waals surface area (Å²) in [6, 6.07) is 13.6. The minimum absolute atomic E-state index is 0.0512. The Labute approximate surface area is 188 Å². The Balaban J connectivity index is 1.49. The molecule has 0 spiro atoms. The predicted octanol–water partition coefficient (Wildman–Crippen LogP) is 2.80. The van der Waals surface area contributed by atoms with Crippen molar-refractivity contribution in [3.05, 3.63) is 53.6 Å². The Hall–Kier alpha value is -3.35. The summed E-state index contributed by atoms with van der Waals surface area (Å²) >= 11 is 0.